The smallest absolute Gasteiger partial charge is 0.253 e. The molecule has 0 bridgehead atoms. The van der Waals surface area contributed by atoms with E-state index < -0.39 is 0 Å². The molecule has 0 saturated heterocycles. The number of nitrogens with one attached hydrogen (secondary N) is 1. The van der Waals surface area contributed by atoms with Gasteiger partial charge in [-0.05, 0) is 24.6 Å². The van der Waals surface area contributed by atoms with Gasteiger partial charge in [-0.3, -0.25) is 4.79 Å². The highest BCUT2D eigenvalue weighted by Crippen LogP contribution is 2.21. The standard InChI is InChI=1S/C12H15BrClN3O2/c1-2-8(6-11(15)17-19)16-12(18)9-5-7(13)3-4-10(9)14/h3-5,8,19H,2,6H2,1H3,(H2,15,17)(H,16,18). The number of amidine groups is 1. The number of carbonyl (C=O) groups excluding carboxylic acids is 1. The Morgan fingerprint density at radius 2 is 2.32 bits per heavy atom. The Morgan fingerprint density at radius 3 is 2.89 bits per heavy atom. The Kier molecular flexibility index (Phi) is 6.11. The van der Waals surface area contributed by atoms with Crippen LogP contribution in [0, 0.1) is 0 Å². The zero-order valence-corrected chi connectivity index (χ0v) is 12.7. The molecule has 1 aromatic rings. The molecule has 104 valence electrons. The third kappa shape index (κ3) is 4.72. The fraction of sp³-hybridized carbons (Fsp3) is 0.333. The summed E-state index contributed by atoms with van der Waals surface area (Å²) in [5.41, 5.74) is 5.82. The number of oxime groups is 1. The molecular weight excluding hydrogens is 334 g/mol. The highest BCUT2D eigenvalue weighted by Gasteiger charge is 2.16. The Balaban J connectivity index is 2.80. The molecule has 0 aliphatic heterocycles. The lowest BCUT2D eigenvalue weighted by molar-refractivity contribution is 0.0937. The van der Waals surface area contributed by atoms with Crippen molar-refractivity contribution in [1.29, 1.82) is 0 Å². The number of halogens is 2. The van der Waals surface area contributed by atoms with E-state index in [9.17, 15) is 4.79 Å². The van der Waals surface area contributed by atoms with E-state index in [2.05, 4.69) is 26.4 Å². The highest BCUT2D eigenvalue weighted by molar-refractivity contribution is 9.10. The Bertz CT molecular complexity index is 494. The first-order chi connectivity index (χ1) is 8.97. The van der Waals surface area contributed by atoms with Crippen LogP contribution in [0.4, 0.5) is 0 Å². The van der Waals surface area contributed by atoms with E-state index >= 15 is 0 Å². The SMILES string of the molecule is CCC(CC(N)=NO)NC(=O)c1cc(Br)ccc1Cl. The fourth-order valence-electron chi connectivity index (χ4n) is 1.53. The molecule has 0 spiro atoms. The lowest BCUT2D eigenvalue weighted by atomic mass is 10.1. The monoisotopic (exact) mass is 347 g/mol. The maximum Gasteiger partial charge on any atom is 0.253 e. The molecule has 1 atom stereocenters. The van der Waals surface area contributed by atoms with E-state index in [1.54, 1.807) is 18.2 Å². The topological polar surface area (TPSA) is 87.7 Å². The van der Waals surface area contributed by atoms with Crippen molar-refractivity contribution in [3.63, 3.8) is 0 Å². The van der Waals surface area contributed by atoms with E-state index in [1.807, 2.05) is 6.92 Å². The Morgan fingerprint density at radius 1 is 1.63 bits per heavy atom. The average molecular weight is 349 g/mol. The zero-order valence-electron chi connectivity index (χ0n) is 10.4. The summed E-state index contributed by atoms with van der Waals surface area (Å²) in [7, 11) is 0. The minimum atomic E-state index is -0.288. The molecule has 0 fully saturated rings. The van der Waals surface area contributed by atoms with Crippen molar-refractivity contribution < 1.29 is 10.0 Å². The molecule has 1 aromatic carbocycles. The molecule has 0 aliphatic rings. The van der Waals surface area contributed by atoms with Gasteiger partial charge in [0, 0.05) is 16.9 Å². The molecule has 4 N–H and O–H groups in total. The van der Waals surface area contributed by atoms with Gasteiger partial charge in [-0.2, -0.15) is 0 Å². The van der Waals surface area contributed by atoms with Gasteiger partial charge in [-0.25, -0.2) is 0 Å². The quantitative estimate of drug-likeness (QED) is 0.331. The van der Waals surface area contributed by atoms with E-state index in [4.69, 9.17) is 22.5 Å². The summed E-state index contributed by atoms with van der Waals surface area (Å²) in [6.45, 7) is 1.90. The summed E-state index contributed by atoms with van der Waals surface area (Å²) in [5.74, 6) is -0.212. The van der Waals surface area contributed by atoms with Crippen LogP contribution in [-0.2, 0) is 0 Å². The fourth-order valence-corrected chi connectivity index (χ4v) is 2.09. The van der Waals surface area contributed by atoms with Gasteiger partial charge >= 0.3 is 0 Å². The van der Waals surface area contributed by atoms with Crippen LogP contribution in [0.2, 0.25) is 5.02 Å². The van der Waals surface area contributed by atoms with Gasteiger partial charge in [0.15, 0.2) is 0 Å². The summed E-state index contributed by atoms with van der Waals surface area (Å²) >= 11 is 9.27. The van der Waals surface area contributed by atoms with Crippen LogP contribution in [0.15, 0.2) is 27.8 Å². The molecule has 0 aromatic heterocycles. The van der Waals surface area contributed by atoms with Crippen LogP contribution in [0.3, 0.4) is 0 Å². The summed E-state index contributed by atoms with van der Waals surface area (Å²) in [5, 5.41) is 14.6. The third-order valence-corrected chi connectivity index (χ3v) is 3.41. The Hall–Kier alpha value is -1.27. The normalized spacial score (nSPS) is 13.1. The lowest BCUT2D eigenvalue weighted by Crippen LogP contribution is -2.37. The highest BCUT2D eigenvalue weighted by atomic mass is 79.9. The average Bonchev–Trinajstić information content (AvgIpc) is 2.40. The number of nitrogens with two attached hydrogens (primary N) is 1. The van der Waals surface area contributed by atoms with E-state index in [1.165, 1.54) is 0 Å². The lowest BCUT2D eigenvalue weighted by Gasteiger charge is -2.16. The maximum atomic E-state index is 12.1. The molecule has 0 saturated carbocycles. The van der Waals surface area contributed by atoms with Crippen molar-refractivity contribution >= 4 is 39.3 Å². The minimum Gasteiger partial charge on any atom is -0.409 e. The van der Waals surface area contributed by atoms with Crippen molar-refractivity contribution in [2.75, 3.05) is 0 Å². The summed E-state index contributed by atoms with van der Waals surface area (Å²) in [6, 6.07) is 4.84. The molecule has 0 heterocycles. The Labute approximate surface area is 124 Å². The van der Waals surface area contributed by atoms with Crippen molar-refractivity contribution in [3.8, 4) is 0 Å². The number of hydrogen-bond donors (Lipinski definition) is 3. The van der Waals surface area contributed by atoms with Crippen molar-refractivity contribution in [3.05, 3.63) is 33.3 Å². The maximum absolute atomic E-state index is 12.1. The van der Waals surface area contributed by atoms with E-state index in [-0.39, 0.29) is 24.2 Å². The van der Waals surface area contributed by atoms with Crippen LogP contribution in [-0.4, -0.2) is 23.0 Å². The first-order valence-electron chi connectivity index (χ1n) is 5.70. The number of amides is 1. The molecule has 0 aliphatic carbocycles. The largest absolute Gasteiger partial charge is 0.409 e. The second-order valence-electron chi connectivity index (χ2n) is 4.00. The van der Waals surface area contributed by atoms with Crippen LogP contribution >= 0.6 is 27.5 Å². The summed E-state index contributed by atoms with van der Waals surface area (Å²) in [4.78, 5) is 12.1. The second-order valence-corrected chi connectivity index (χ2v) is 5.32. The van der Waals surface area contributed by atoms with E-state index in [0.717, 1.165) is 4.47 Å². The van der Waals surface area contributed by atoms with Crippen LogP contribution < -0.4 is 11.1 Å². The van der Waals surface area contributed by atoms with Gasteiger partial charge in [0.2, 0.25) is 0 Å². The molecular formula is C12H15BrClN3O2. The third-order valence-electron chi connectivity index (χ3n) is 2.59. The van der Waals surface area contributed by atoms with Crippen LogP contribution in [0.5, 0.6) is 0 Å². The van der Waals surface area contributed by atoms with Gasteiger partial charge in [0.05, 0.1) is 10.6 Å². The number of rotatable bonds is 5. The number of carbonyl (C=O) groups is 1. The molecule has 1 unspecified atom stereocenters. The number of hydrogen-bond acceptors (Lipinski definition) is 3. The molecule has 0 radical (unpaired) electrons. The van der Waals surface area contributed by atoms with Gasteiger partial charge < -0.3 is 16.3 Å². The predicted octanol–water partition coefficient (Wildman–Crippen LogP) is 2.75. The van der Waals surface area contributed by atoms with Crippen molar-refractivity contribution in [1.82, 2.24) is 5.32 Å². The van der Waals surface area contributed by atoms with Gasteiger partial charge in [-0.1, -0.05) is 39.6 Å². The van der Waals surface area contributed by atoms with Gasteiger partial charge in [0.1, 0.15) is 5.84 Å². The molecule has 1 amide bonds. The molecule has 1 rings (SSSR count). The predicted molar refractivity (Wildman–Crippen MR) is 78.7 cm³/mol. The van der Waals surface area contributed by atoms with E-state index in [0.29, 0.717) is 17.0 Å². The van der Waals surface area contributed by atoms with Crippen LogP contribution in [0.25, 0.3) is 0 Å². The van der Waals surface area contributed by atoms with Crippen molar-refractivity contribution in [2.24, 2.45) is 10.9 Å². The van der Waals surface area contributed by atoms with Gasteiger partial charge in [0.25, 0.3) is 5.91 Å². The number of benzene rings is 1. The number of nitrogens with zero attached hydrogens (tertiary/aromatic N) is 1. The van der Waals surface area contributed by atoms with Crippen LogP contribution in [0.1, 0.15) is 30.1 Å². The molecule has 19 heavy (non-hydrogen) atoms. The first-order valence-corrected chi connectivity index (χ1v) is 6.87. The first kappa shape index (κ1) is 15.8. The molecule has 5 nitrogen and oxygen atoms in total. The second kappa shape index (κ2) is 7.35. The zero-order chi connectivity index (χ0) is 14.4. The van der Waals surface area contributed by atoms with Crippen molar-refractivity contribution in [2.45, 2.75) is 25.8 Å². The minimum absolute atomic E-state index is 0.0764. The summed E-state index contributed by atoms with van der Waals surface area (Å²) < 4.78 is 0.770. The molecule has 7 heteroatoms. The summed E-state index contributed by atoms with van der Waals surface area (Å²) in [6.07, 6.45) is 0.942. The van der Waals surface area contributed by atoms with Gasteiger partial charge in [-0.15, -0.1) is 0 Å².